The van der Waals surface area contributed by atoms with Gasteiger partial charge in [-0.1, -0.05) is 42.8 Å². The summed E-state index contributed by atoms with van der Waals surface area (Å²) in [5.74, 6) is -0.637. The smallest absolute Gasteiger partial charge is 0.173 e. The van der Waals surface area contributed by atoms with Gasteiger partial charge in [0.15, 0.2) is 5.78 Å². The van der Waals surface area contributed by atoms with Crippen LogP contribution in [0.15, 0.2) is 54.3 Å². The molecular formula is C23H20ClFO2. The lowest BCUT2D eigenvalue weighted by Crippen LogP contribution is -2.14. The Kier molecular flexibility index (Phi) is 4.65. The van der Waals surface area contributed by atoms with E-state index in [4.69, 9.17) is 11.6 Å². The van der Waals surface area contributed by atoms with Gasteiger partial charge in [-0.15, -0.1) is 0 Å². The summed E-state index contributed by atoms with van der Waals surface area (Å²) in [5.41, 5.74) is 3.14. The summed E-state index contributed by atoms with van der Waals surface area (Å²) in [7, 11) is 0. The van der Waals surface area contributed by atoms with Crippen molar-refractivity contribution >= 4 is 23.0 Å². The molecule has 5 rings (SSSR count). The number of ketones is 1. The highest BCUT2D eigenvalue weighted by Gasteiger charge is 2.35. The number of carbonyl (C=O) groups excluding carboxylic acids is 1. The average Bonchev–Trinajstić information content (AvgIpc) is 2.86. The molecule has 1 N–H and O–H groups in total. The van der Waals surface area contributed by atoms with Gasteiger partial charge in [0.2, 0.25) is 0 Å². The molecule has 0 aromatic heterocycles. The Morgan fingerprint density at radius 1 is 1.07 bits per heavy atom. The zero-order valence-corrected chi connectivity index (χ0v) is 15.8. The average molecular weight is 383 g/mol. The van der Waals surface area contributed by atoms with Crippen molar-refractivity contribution in [2.45, 2.75) is 26.2 Å². The lowest BCUT2D eigenvalue weighted by Gasteiger charge is -2.16. The van der Waals surface area contributed by atoms with Gasteiger partial charge >= 0.3 is 0 Å². The third-order valence-corrected chi connectivity index (χ3v) is 5.79. The van der Waals surface area contributed by atoms with Crippen molar-refractivity contribution in [3.63, 3.8) is 0 Å². The van der Waals surface area contributed by atoms with E-state index >= 15 is 0 Å². The van der Waals surface area contributed by atoms with E-state index in [9.17, 15) is 14.3 Å². The van der Waals surface area contributed by atoms with Gasteiger partial charge in [0.25, 0.3) is 0 Å². The number of fused-ring (bicyclic) bond motifs is 2. The molecule has 0 saturated carbocycles. The second-order valence-electron chi connectivity index (χ2n) is 7.15. The van der Waals surface area contributed by atoms with Crippen LogP contribution in [-0.4, -0.2) is 10.9 Å². The lowest BCUT2D eigenvalue weighted by molar-refractivity contribution is -0.116. The summed E-state index contributed by atoms with van der Waals surface area (Å²) in [6.07, 6.45) is 6.08. The van der Waals surface area contributed by atoms with E-state index in [0.717, 1.165) is 18.4 Å². The van der Waals surface area contributed by atoms with E-state index in [1.165, 1.54) is 6.07 Å². The Morgan fingerprint density at radius 2 is 1.81 bits per heavy atom. The first-order valence-electron chi connectivity index (χ1n) is 9.24. The Morgan fingerprint density at radius 3 is 2.48 bits per heavy atom. The molecule has 2 aromatic rings. The van der Waals surface area contributed by atoms with Crippen LogP contribution >= 0.6 is 11.6 Å². The van der Waals surface area contributed by atoms with E-state index in [1.54, 1.807) is 12.1 Å². The van der Waals surface area contributed by atoms with Crippen LogP contribution in [0.1, 0.15) is 30.9 Å². The van der Waals surface area contributed by atoms with E-state index in [2.05, 4.69) is 0 Å². The van der Waals surface area contributed by atoms with E-state index in [0.29, 0.717) is 33.7 Å². The van der Waals surface area contributed by atoms with Crippen molar-refractivity contribution in [2.24, 2.45) is 11.8 Å². The first-order chi connectivity index (χ1) is 13.0. The van der Waals surface area contributed by atoms with Crippen molar-refractivity contribution < 1.29 is 14.3 Å². The Bertz CT molecular complexity index is 990. The highest BCUT2D eigenvalue weighted by atomic mass is 35.5. The fourth-order valence-corrected chi connectivity index (χ4v) is 4.20. The van der Waals surface area contributed by atoms with Crippen LogP contribution < -0.4 is 0 Å². The fraction of sp³-hybridized carbons (Fsp3) is 0.261. The second kappa shape index (κ2) is 6.97. The summed E-state index contributed by atoms with van der Waals surface area (Å²) >= 11 is 5.87. The SMILES string of the molecule is CCc1ccc(-c2ccc(Cl)cc2F)cc1C1=C(O)C2C=C[C@H](CC2)C1=O. The van der Waals surface area contributed by atoms with Gasteiger partial charge in [-0.05, 0) is 60.2 Å². The number of hydrogen-bond acceptors (Lipinski definition) is 2. The molecule has 0 spiro atoms. The van der Waals surface area contributed by atoms with Crippen LogP contribution in [0.25, 0.3) is 16.7 Å². The maximum atomic E-state index is 14.4. The molecule has 0 radical (unpaired) electrons. The van der Waals surface area contributed by atoms with Gasteiger partial charge in [0.1, 0.15) is 11.6 Å². The van der Waals surface area contributed by atoms with Gasteiger partial charge in [-0.2, -0.15) is 0 Å². The number of halogens is 2. The molecule has 0 aliphatic heterocycles. The topological polar surface area (TPSA) is 37.3 Å². The van der Waals surface area contributed by atoms with Crippen LogP contribution in [0.4, 0.5) is 4.39 Å². The number of rotatable bonds is 3. The second-order valence-corrected chi connectivity index (χ2v) is 7.59. The Hall–Kier alpha value is -2.39. The molecule has 3 aliphatic rings. The van der Waals surface area contributed by atoms with Crippen molar-refractivity contribution in [1.29, 1.82) is 0 Å². The Balaban J connectivity index is 1.90. The van der Waals surface area contributed by atoms with Crippen molar-refractivity contribution in [3.8, 4) is 11.1 Å². The molecule has 0 amide bonds. The minimum Gasteiger partial charge on any atom is -0.511 e. The zero-order valence-electron chi connectivity index (χ0n) is 15.0. The number of aliphatic hydroxyl groups excluding tert-OH is 1. The lowest BCUT2D eigenvalue weighted by atomic mass is 9.87. The Labute approximate surface area is 163 Å². The van der Waals surface area contributed by atoms with Gasteiger partial charge in [0, 0.05) is 22.4 Å². The summed E-state index contributed by atoms with van der Waals surface area (Å²) in [5, 5.41) is 11.2. The molecular weight excluding hydrogens is 363 g/mol. The van der Waals surface area contributed by atoms with Crippen LogP contribution in [0.5, 0.6) is 0 Å². The standard InChI is InChI=1S/C23H20ClFO2/c1-2-13-3-8-16(18-10-9-17(24)12-20(18)25)11-19(13)21-22(26)14-4-5-15(7-6-14)23(21)27/h3-5,8-12,14-15,26H,2,6-7H2,1H3/t14?,15-/m1/s1. The van der Waals surface area contributed by atoms with E-state index in [1.807, 2.05) is 37.3 Å². The monoisotopic (exact) mass is 382 g/mol. The molecule has 0 heterocycles. The van der Waals surface area contributed by atoms with Crippen molar-refractivity contribution in [1.82, 2.24) is 0 Å². The largest absolute Gasteiger partial charge is 0.511 e. The van der Waals surface area contributed by atoms with Gasteiger partial charge in [-0.25, -0.2) is 4.39 Å². The summed E-state index contributed by atoms with van der Waals surface area (Å²) in [4.78, 5) is 13.1. The minimum atomic E-state index is -0.412. The summed E-state index contributed by atoms with van der Waals surface area (Å²) < 4.78 is 14.4. The first-order valence-corrected chi connectivity index (χ1v) is 9.61. The van der Waals surface area contributed by atoms with Crippen molar-refractivity contribution in [2.75, 3.05) is 0 Å². The van der Waals surface area contributed by atoms with Crippen LogP contribution in [0.2, 0.25) is 5.02 Å². The van der Waals surface area contributed by atoms with Gasteiger partial charge in [0.05, 0.1) is 5.57 Å². The van der Waals surface area contributed by atoms with Crippen LogP contribution in [0.3, 0.4) is 0 Å². The fourth-order valence-electron chi connectivity index (χ4n) is 4.04. The predicted octanol–water partition coefficient (Wildman–Crippen LogP) is 6.14. The third kappa shape index (κ3) is 3.10. The van der Waals surface area contributed by atoms with E-state index < -0.39 is 5.82 Å². The van der Waals surface area contributed by atoms with Crippen LogP contribution in [0, 0.1) is 17.7 Å². The molecule has 2 bridgehead atoms. The molecule has 4 heteroatoms. The summed E-state index contributed by atoms with van der Waals surface area (Å²) in [6.45, 7) is 2.01. The predicted molar refractivity (Wildman–Crippen MR) is 106 cm³/mol. The molecule has 1 unspecified atom stereocenters. The molecule has 2 aromatic carbocycles. The number of aliphatic hydroxyl groups is 1. The molecule has 0 saturated heterocycles. The first kappa shape index (κ1) is 18.0. The minimum absolute atomic E-state index is 0.0489. The third-order valence-electron chi connectivity index (χ3n) is 5.56. The maximum Gasteiger partial charge on any atom is 0.173 e. The quantitative estimate of drug-likeness (QED) is 0.647. The number of Topliss-reactive ketones (excluding diaryl/α,β-unsaturated/α-hetero) is 1. The number of aryl methyl sites for hydroxylation is 1. The normalized spacial score (nSPS) is 21.7. The van der Waals surface area contributed by atoms with Gasteiger partial charge in [-0.3, -0.25) is 4.79 Å². The highest BCUT2D eigenvalue weighted by Crippen LogP contribution is 2.41. The number of benzene rings is 2. The molecule has 138 valence electrons. The summed E-state index contributed by atoms with van der Waals surface area (Å²) in [6, 6.07) is 10.1. The molecule has 2 atom stereocenters. The van der Waals surface area contributed by atoms with Crippen LogP contribution in [-0.2, 0) is 11.2 Å². The highest BCUT2D eigenvalue weighted by molar-refractivity contribution is 6.30. The van der Waals surface area contributed by atoms with Crippen molar-refractivity contribution in [3.05, 3.63) is 76.3 Å². The molecule has 2 nitrogen and oxygen atoms in total. The maximum absolute atomic E-state index is 14.4. The number of carbonyl (C=O) groups is 1. The van der Waals surface area contributed by atoms with E-state index in [-0.39, 0.29) is 23.4 Å². The number of hydrogen-bond donors (Lipinski definition) is 1. The van der Waals surface area contributed by atoms with Gasteiger partial charge < -0.3 is 5.11 Å². The molecule has 27 heavy (non-hydrogen) atoms. The zero-order chi connectivity index (χ0) is 19.1. The molecule has 0 fully saturated rings. The molecule has 3 aliphatic carbocycles. The number of allylic oxidation sites excluding steroid dienone is 3.